The zero-order valence-corrected chi connectivity index (χ0v) is 70.8. The lowest BCUT2D eigenvalue weighted by molar-refractivity contribution is 0.748. The van der Waals surface area contributed by atoms with Gasteiger partial charge in [0.25, 0.3) is 0 Å². The van der Waals surface area contributed by atoms with Crippen LogP contribution < -0.4 is 9.80 Å². The minimum absolute atomic E-state index is 0.647. The first kappa shape index (κ1) is 72.4. The van der Waals surface area contributed by atoms with Crippen LogP contribution in [0.15, 0.2) is 473 Å². The van der Waals surface area contributed by atoms with Crippen molar-refractivity contribution in [2.75, 3.05) is 9.80 Å². The van der Waals surface area contributed by atoms with Gasteiger partial charge in [-0.25, -0.2) is 0 Å². The smallest absolute Gasteiger partial charge is 0.0755 e. The second-order valence-electron chi connectivity index (χ2n) is 35.5. The van der Waals surface area contributed by atoms with Crippen molar-refractivity contribution in [3.05, 3.63) is 518 Å². The van der Waals surface area contributed by atoms with Crippen molar-refractivity contribution in [2.45, 2.75) is 10.8 Å². The Morgan fingerprint density at radius 2 is 0.546 bits per heavy atom. The van der Waals surface area contributed by atoms with Crippen LogP contribution in [0, 0.1) is 0 Å². The van der Waals surface area contributed by atoms with Crippen LogP contribution in [-0.4, -0.2) is 9.13 Å². The number of nitrogens with zero attached hydrogens (tertiary/aromatic N) is 4. The second kappa shape index (κ2) is 27.8. The molecule has 2 spiro atoms. The van der Waals surface area contributed by atoms with Gasteiger partial charge in [0.2, 0.25) is 0 Å². The van der Waals surface area contributed by atoms with E-state index < -0.39 is 10.8 Å². The molecule has 2 aliphatic heterocycles. The standard InChI is InChI=1S/C126H78N4/c1-3-28-79(29-4-1)81-56-60-83(61-57-81)95-34-13-20-50-115(95)127(90-68-72-101-99-37-11-16-44-107(99)125(113(101)77-90)109-46-18-23-53-118(109)129-117-52-22-15-40-104(117)105-42-25-48-111(125)123(105)129)89-67-71-94-88(75-89)65-64-86-74-87(66-70-93(86)94)97-41-27-55-120-122(97)106-43-26-49-112-124(106)130(120)119-54-24-19-47-110(119)126(112)108-45-17-12-38-100(108)102-73-69-91(78-114(102)126)128(121-76-85-32-7-8-33-92(85)98-36-9-10-39-103(98)121)116-51-21-14-35-96(116)84-62-58-82(59-63-84)80-30-5-2-6-31-80/h1-78H. The van der Waals surface area contributed by atoms with E-state index in [9.17, 15) is 0 Å². The summed E-state index contributed by atoms with van der Waals surface area (Å²) in [5, 5.41) is 14.6. The lowest BCUT2D eigenvalue weighted by atomic mass is 9.65. The van der Waals surface area contributed by atoms with E-state index in [0.717, 1.165) is 61.8 Å². The van der Waals surface area contributed by atoms with E-state index in [1.807, 2.05) is 0 Å². The molecular formula is C126H78N4. The largest absolute Gasteiger partial charge is 0.310 e. The maximum Gasteiger partial charge on any atom is 0.0755 e. The molecule has 22 aromatic carbocycles. The van der Waals surface area contributed by atoms with Crippen LogP contribution >= 0.6 is 0 Å². The highest BCUT2D eigenvalue weighted by Gasteiger charge is 2.53. The van der Waals surface area contributed by atoms with E-state index in [1.54, 1.807) is 0 Å². The molecule has 0 saturated heterocycles. The topological polar surface area (TPSA) is 16.3 Å². The van der Waals surface area contributed by atoms with E-state index in [4.69, 9.17) is 0 Å². The van der Waals surface area contributed by atoms with Crippen molar-refractivity contribution < 1.29 is 0 Å². The van der Waals surface area contributed by atoms with Crippen molar-refractivity contribution in [1.82, 2.24) is 9.13 Å². The van der Waals surface area contributed by atoms with Crippen LogP contribution in [0.3, 0.4) is 0 Å². The maximum atomic E-state index is 2.60. The Hall–Kier alpha value is -16.9. The first-order chi connectivity index (χ1) is 64.5. The highest BCUT2D eigenvalue weighted by molar-refractivity contribution is 6.21. The zero-order valence-electron chi connectivity index (χ0n) is 70.8. The summed E-state index contributed by atoms with van der Waals surface area (Å²) in [6.45, 7) is 0. The van der Waals surface area contributed by atoms with E-state index in [1.165, 1.54) is 193 Å². The summed E-state index contributed by atoms with van der Waals surface area (Å²) in [7, 11) is 0. The molecule has 2 aliphatic carbocycles. The molecule has 130 heavy (non-hydrogen) atoms. The molecule has 602 valence electrons. The summed E-state index contributed by atoms with van der Waals surface area (Å²) in [6, 6.07) is 179. The van der Waals surface area contributed by atoms with Crippen molar-refractivity contribution in [3.63, 3.8) is 0 Å². The summed E-state index contributed by atoms with van der Waals surface area (Å²) >= 11 is 0. The number of aromatic nitrogens is 2. The van der Waals surface area contributed by atoms with Gasteiger partial charge in [-0.3, -0.25) is 0 Å². The third-order valence-electron chi connectivity index (χ3n) is 29.3. The van der Waals surface area contributed by atoms with Gasteiger partial charge < -0.3 is 18.9 Å². The molecule has 24 aromatic rings. The highest BCUT2D eigenvalue weighted by atomic mass is 15.2. The molecule has 2 aromatic heterocycles. The SMILES string of the molecule is c1ccc(-c2ccc(-c3ccccc3N(c3ccc4c(c3)C3(c5ccccc5-4)c4ccccc4-n4c5ccccc5c5cccc3c54)c3ccc4c(ccc5cc(-c6cccc7c6c6cccc8c6n7-c6ccccc6C86c7ccccc7-c7ccc(N(c8ccccc8-c8ccc(-c9ccccc9)cc8)c8cc9ccccc9c9ccccc89)cc76)ccc54)c3)cc2)cc1. The fraction of sp³-hybridized carbons (Fsp3) is 0.0159. The summed E-state index contributed by atoms with van der Waals surface area (Å²) in [4.78, 5) is 5.10. The summed E-state index contributed by atoms with van der Waals surface area (Å²) in [6.07, 6.45) is 0. The Kier molecular flexibility index (Phi) is 15.5. The molecule has 28 rings (SSSR count). The van der Waals surface area contributed by atoms with Gasteiger partial charge in [-0.05, 0) is 234 Å². The number of hydrogen-bond acceptors (Lipinski definition) is 2. The molecule has 0 N–H and O–H groups in total. The Labute approximate surface area is 752 Å². The number of anilines is 6. The van der Waals surface area contributed by atoms with Crippen molar-refractivity contribution >= 4 is 121 Å². The minimum atomic E-state index is -0.732. The number of fused-ring (bicyclic) bond motifs is 30. The molecule has 4 heterocycles. The number of para-hydroxylation sites is 7. The number of benzene rings is 22. The summed E-state index contributed by atoms with van der Waals surface area (Å²) in [5.41, 5.74) is 39.4. The molecule has 0 saturated carbocycles. The van der Waals surface area contributed by atoms with Crippen molar-refractivity contribution in [3.8, 4) is 89.3 Å². The van der Waals surface area contributed by atoms with Gasteiger partial charge in [-0.2, -0.15) is 0 Å². The molecule has 0 amide bonds. The van der Waals surface area contributed by atoms with Crippen LogP contribution in [0.5, 0.6) is 0 Å². The molecule has 4 aliphatic rings. The summed E-state index contributed by atoms with van der Waals surface area (Å²) in [5.74, 6) is 0. The predicted molar refractivity (Wildman–Crippen MR) is 543 cm³/mol. The highest BCUT2D eigenvalue weighted by Crippen LogP contribution is 2.65. The molecule has 2 atom stereocenters. The van der Waals surface area contributed by atoms with Crippen LogP contribution in [0.25, 0.3) is 176 Å². The van der Waals surface area contributed by atoms with Crippen molar-refractivity contribution in [1.29, 1.82) is 0 Å². The van der Waals surface area contributed by atoms with E-state index in [-0.39, 0.29) is 0 Å². The third kappa shape index (κ3) is 10.1. The van der Waals surface area contributed by atoms with Gasteiger partial charge in [-0.1, -0.05) is 388 Å². The monoisotopic (exact) mass is 1650 g/mol. The van der Waals surface area contributed by atoms with Gasteiger partial charge >= 0.3 is 0 Å². The lowest BCUT2D eigenvalue weighted by Crippen LogP contribution is -2.33. The van der Waals surface area contributed by atoms with Crippen LogP contribution in [0.4, 0.5) is 34.1 Å². The first-order valence-corrected chi connectivity index (χ1v) is 45.3. The van der Waals surface area contributed by atoms with Gasteiger partial charge in [-0.15, -0.1) is 0 Å². The van der Waals surface area contributed by atoms with Crippen LogP contribution in [-0.2, 0) is 10.8 Å². The average Bonchev–Trinajstić information content (AvgIpc) is 1.49. The predicted octanol–water partition coefficient (Wildman–Crippen LogP) is 33.1. The fourth-order valence-corrected chi connectivity index (χ4v) is 23.9. The first-order valence-electron chi connectivity index (χ1n) is 45.3. The molecule has 4 nitrogen and oxygen atoms in total. The second-order valence-corrected chi connectivity index (χ2v) is 35.5. The van der Waals surface area contributed by atoms with E-state index in [0.29, 0.717) is 0 Å². The van der Waals surface area contributed by atoms with Crippen LogP contribution in [0.2, 0.25) is 0 Å². The maximum absolute atomic E-state index is 2.60. The lowest BCUT2D eigenvalue weighted by Gasteiger charge is -2.40. The van der Waals surface area contributed by atoms with Crippen LogP contribution in [0.1, 0.15) is 44.5 Å². The molecule has 0 radical (unpaired) electrons. The fourth-order valence-electron chi connectivity index (χ4n) is 23.9. The van der Waals surface area contributed by atoms with Gasteiger partial charge in [0.15, 0.2) is 0 Å². The van der Waals surface area contributed by atoms with E-state index >= 15 is 0 Å². The molecule has 2 unspecified atom stereocenters. The van der Waals surface area contributed by atoms with Gasteiger partial charge in [0.05, 0.1) is 61.3 Å². The average molecular weight is 1650 g/mol. The number of hydrogen-bond donors (Lipinski definition) is 0. The normalized spacial score (nSPS) is 14.7. The zero-order chi connectivity index (χ0) is 85.0. The Balaban J connectivity index is 0.601. The summed E-state index contributed by atoms with van der Waals surface area (Å²) < 4.78 is 5.14. The Bertz CT molecular complexity index is 8940. The Morgan fingerprint density at radius 1 is 0.169 bits per heavy atom. The number of rotatable bonds is 11. The molecule has 0 fully saturated rings. The van der Waals surface area contributed by atoms with Crippen molar-refractivity contribution in [2.24, 2.45) is 0 Å². The quantitative estimate of drug-likeness (QED) is 0.120. The van der Waals surface area contributed by atoms with E-state index in [2.05, 4.69) is 492 Å². The molecule has 0 bridgehead atoms. The molecule has 4 heteroatoms. The Morgan fingerprint density at radius 3 is 1.17 bits per heavy atom. The minimum Gasteiger partial charge on any atom is -0.310 e. The van der Waals surface area contributed by atoms with Gasteiger partial charge in [0, 0.05) is 55.1 Å². The third-order valence-corrected chi connectivity index (χ3v) is 29.3. The molecular weight excluding hydrogens is 1570 g/mol. The van der Waals surface area contributed by atoms with Gasteiger partial charge in [0.1, 0.15) is 0 Å².